The van der Waals surface area contributed by atoms with Gasteiger partial charge < -0.3 is 9.84 Å². The maximum Gasteiger partial charge on any atom is 0.331 e. The average Bonchev–Trinajstić information content (AvgIpc) is 2.71. The molecule has 0 amide bonds. The van der Waals surface area contributed by atoms with Crippen LogP contribution in [-0.4, -0.2) is 14.7 Å². The Balaban J connectivity index is 2.39. The molecule has 0 saturated carbocycles. The van der Waals surface area contributed by atoms with Gasteiger partial charge in [0.05, 0.1) is 0 Å². The maximum absolute atomic E-state index is 11.5. The van der Waals surface area contributed by atoms with E-state index in [1.54, 1.807) is 6.92 Å². The van der Waals surface area contributed by atoms with E-state index in [1.165, 1.54) is 10.8 Å². The Morgan fingerprint density at radius 1 is 1.62 bits per heavy atom. The van der Waals surface area contributed by atoms with Crippen molar-refractivity contribution in [3.05, 3.63) is 44.6 Å². The van der Waals surface area contributed by atoms with Crippen molar-refractivity contribution in [2.45, 2.75) is 26.0 Å². The minimum absolute atomic E-state index is 0.392. The summed E-state index contributed by atoms with van der Waals surface area (Å²) < 4.78 is 6.65. The molecule has 2 N–H and O–H groups in total. The fourth-order valence-corrected chi connectivity index (χ4v) is 1.65. The molecule has 0 aliphatic carbocycles. The number of rotatable bonds is 1. The summed E-state index contributed by atoms with van der Waals surface area (Å²) in [5.74, 6) is 0.445. The molecule has 0 aromatic carbocycles. The van der Waals surface area contributed by atoms with Gasteiger partial charge in [-0.15, -0.1) is 0 Å². The Morgan fingerprint density at radius 3 is 3.00 bits per heavy atom. The Morgan fingerprint density at radius 2 is 2.38 bits per heavy atom. The quantitative estimate of drug-likeness (QED) is 0.682. The monoisotopic (exact) mass is 224 g/mol. The number of aliphatic hydroxyl groups excluding tert-OH is 1. The van der Waals surface area contributed by atoms with E-state index >= 15 is 0 Å². The number of aromatic amines is 1. The van der Waals surface area contributed by atoms with Crippen molar-refractivity contribution >= 4 is 0 Å². The van der Waals surface area contributed by atoms with Crippen LogP contribution in [0.5, 0.6) is 0 Å². The Kier molecular flexibility index (Phi) is 2.55. The largest absolute Gasteiger partial charge is 0.512 e. The van der Waals surface area contributed by atoms with Crippen molar-refractivity contribution in [3.8, 4) is 0 Å². The minimum Gasteiger partial charge on any atom is -0.512 e. The molecule has 1 fully saturated rings. The summed E-state index contributed by atoms with van der Waals surface area (Å²) in [6, 6.07) is 0. The first-order chi connectivity index (χ1) is 7.61. The van der Waals surface area contributed by atoms with Crippen molar-refractivity contribution in [2.24, 2.45) is 0 Å². The lowest BCUT2D eigenvalue weighted by molar-refractivity contribution is 0.0885. The lowest BCUT2D eigenvalue weighted by Crippen LogP contribution is -2.33. The van der Waals surface area contributed by atoms with Gasteiger partial charge in [0, 0.05) is 24.6 Å². The van der Waals surface area contributed by atoms with Gasteiger partial charge in [0.25, 0.3) is 5.56 Å². The SMILES string of the molecule is Cc1cn([C@H]2CC/C(=C\O)O2)c(=O)[nH]c1=O. The zero-order valence-electron chi connectivity index (χ0n) is 8.77. The number of H-pyrrole nitrogens is 1. The van der Waals surface area contributed by atoms with E-state index in [0.717, 1.165) is 6.26 Å². The molecular formula is C10H12N2O4. The molecule has 6 heteroatoms. The van der Waals surface area contributed by atoms with Gasteiger partial charge in [-0.25, -0.2) is 4.79 Å². The van der Waals surface area contributed by atoms with E-state index in [1.807, 2.05) is 0 Å². The normalized spacial score (nSPS) is 22.3. The molecule has 86 valence electrons. The highest BCUT2D eigenvalue weighted by Gasteiger charge is 2.23. The van der Waals surface area contributed by atoms with Crippen LogP contribution in [-0.2, 0) is 4.74 Å². The molecule has 1 atom stereocenters. The molecule has 1 aliphatic heterocycles. The standard InChI is InChI=1S/C10H12N2O4/c1-6-4-12(10(15)11-9(6)14)8-3-2-7(5-13)16-8/h4-5,8,13H,2-3H2,1H3,(H,11,14,15)/b7-5+/t8-/m1/s1. The first-order valence-corrected chi connectivity index (χ1v) is 4.94. The van der Waals surface area contributed by atoms with E-state index in [9.17, 15) is 9.59 Å². The third-order valence-electron chi connectivity index (χ3n) is 2.53. The van der Waals surface area contributed by atoms with Crippen LogP contribution in [0.2, 0.25) is 0 Å². The molecular weight excluding hydrogens is 212 g/mol. The van der Waals surface area contributed by atoms with Gasteiger partial charge in [0.2, 0.25) is 0 Å². The summed E-state index contributed by atoms with van der Waals surface area (Å²) in [7, 11) is 0. The second-order valence-electron chi connectivity index (χ2n) is 3.69. The van der Waals surface area contributed by atoms with E-state index in [0.29, 0.717) is 24.2 Å². The second-order valence-corrected chi connectivity index (χ2v) is 3.69. The summed E-state index contributed by atoms with van der Waals surface area (Å²) in [6.07, 6.45) is 3.07. The number of nitrogens with one attached hydrogen (secondary N) is 1. The number of ether oxygens (including phenoxy) is 1. The van der Waals surface area contributed by atoms with Gasteiger partial charge in [-0.05, 0) is 6.92 Å². The molecule has 2 heterocycles. The van der Waals surface area contributed by atoms with Crippen LogP contribution < -0.4 is 11.2 Å². The number of aliphatic hydroxyl groups is 1. The van der Waals surface area contributed by atoms with Gasteiger partial charge >= 0.3 is 5.69 Å². The van der Waals surface area contributed by atoms with Crippen LogP contribution in [0.3, 0.4) is 0 Å². The third kappa shape index (κ3) is 1.73. The molecule has 6 nitrogen and oxygen atoms in total. The molecule has 1 aromatic heterocycles. The number of hydrogen-bond donors (Lipinski definition) is 2. The highest BCUT2D eigenvalue weighted by Crippen LogP contribution is 2.29. The minimum atomic E-state index is -0.500. The smallest absolute Gasteiger partial charge is 0.331 e. The predicted molar refractivity (Wildman–Crippen MR) is 56.1 cm³/mol. The molecule has 1 aromatic rings. The molecule has 0 spiro atoms. The van der Waals surface area contributed by atoms with Gasteiger partial charge in [0.1, 0.15) is 12.0 Å². The first kappa shape index (κ1) is 10.5. The van der Waals surface area contributed by atoms with Crippen molar-refractivity contribution in [1.29, 1.82) is 0 Å². The Hall–Kier alpha value is -1.98. The fraction of sp³-hybridized carbons (Fsp3) is 0.400. The van der Waals surface area contributed by atoms with Crippen LogP contribution in [0.4, 0.5) is 0 Å². The molecule has 1 saturated heterocycles. The molecule has 0 radical (unpaired) electrons. The van der Waals surface area contributed by atoms with Gasteiger partial charge in [0.15, 0.2) is 6.23 Å². The van der Waals surface area contributed by atoms with Crippen molar-refractivity contribution < 1.29 is 9.84 Å². The van der Waals surface area contributed by atoms with Crippen molar-refractivity contribution in [2.75, 3.05) is 0 Å². The highest BCUT2D eigenvalue weighted by atomic mass is 16.5. The fourth-order valence-electron chi connectivity index (χ4n) is 1.65. The zero-order valence-corrected chi connectivity index (χ0v) is 8.77. The van der Waals surface area contributed by atoms with Crippen LogP contribution in [0, 0.1) is 6.92 Å². The van der Waals surface area contributed by atoms with Crippen LogP contribution in [0.25, 0.3) is 0 Å². The molecule has 0 unspecified atom stereocenters. The molecule has 0 bridgehead atoms. The lowest BCUT2D eigenvalue weighted by Gasteiger charge is -2.13. The summed E-state index contributed by atoms with van der Waals surface area (Å²) in [5.41, 5.74) is -0.443. The summed E-state index contributed by atoms with van der Waals surface area (Å²) >= 11 is 0. The van der Waals surface area contributed by atoms with Gasteiger partial charge in [-0.2, -0.15) is 0 Å². The van der Waals surface area contributed by atoms with Crippen molar-refractivity contribution in [1.82, 2.24) is 9.55 Å². The summed E-state index contributed by atoms with van der Waals surface area (Å²) in [5, 5.41) is 8.77. The van der Waals surface area contributed by atoms with E-state index in [4.69, 9.17) is 9.84 Å². The number of allylic oxidation sites excluding steroid dienone is 1. The molecule has 1 aliphatic rings. The summed E-state index contributed by atoms with van der Waals surface area (Å²) in [4.78, 5) is 24.9. The van der Waals surface area contributed by atoms with E-state index in [-0.39, 0.29) is 0 Å². The topological polar surface area (TPSA) is 84.3 Å². The third-order valence-corrected chi connectivity index (χ3v) is 2.53. The van der Waals surface area contributed by atoms with Gasteiger partial charge in [-0.3, -0.25) is 14.3 Å². The molecule has 16 heavy (non-hydrogen) atoms. The second kappa shape index (κ2) is 3.88. The number of aromatic nitrogens is 2. The maximum atomic E-state index is 11.5. The van der Waals surface area contributed by atoms with Crippen LogP contribution >= 0.6 is 0 Å². The lowest BCUT2D eigenvalue weighted by atomic mass is 10.3. The highest BCUT2D eigenvalue weighted by molar-refractivity contribution is 5.03. The zero-order chi connectivity index (χ0) is 11.7. The number of nitrogens with zero attached hydrogens (tertiary/aromatic N) is 1. The Bertz CT molecular complexity index is 540. The molecule has 2 rings (SSSR count). The Labute approximate surface area is 90.8 Å². The van der Waals surface area contributed by atoms with E-state index in [2.05, 4.69) is 4.98 Å². The number of aryl methyl sites for hydroxylation is 1. The van der Waals surface area contributed by atoms with Crippen LogP contribution in [0.15, 0.2) is 27.8 Å². The van der Waals surface area contributed by atoms with Crippen molar-refractivity contribution in [3.63, 3.8) is 0 Å². The first-order valence-electron chi connectivity index (χ1n) is 4.94. The predicted octanol–water partition coefficient (Wildman–Crippen LogP) is 0.553. The average molecular weight is 224 g/mol. The number of hydrogen-bond acceptors (Lipinski definition) is 4. The van der Waals surface area contributed by atoms with Crippen LogP contribution in [0.1, 0.15) is 24.6 Å². The summed E-state index contributed by atoms with van der Waals surface area (Å²) in [6.45, 7) is 1.62. The van der Waals surface area contributed by atoms with Gasteiger partial charge in [-0.1, -0.05) is 0 Å². The van der Waals surface area contributed by atoms with E-state index < -0.39 is 17.5 Å².